The summed E-state index contributed by atoms with van der Waals surface area (Å²) in [5.41, 5.74) is 0.395. The molecular weight excluding hydrogens is 627 g/mol. The lowest BCUT2D eigenvalue weighted by molar-refractivity contribution is -0.139. The highest BCUT2D eigenvalue weighted by Crippen LogP contribution is 2.34. The lowest BCUT2D eigenvalue weighted by Crippen LogP contribution is -2.58. The van der Waals surface area contributed by atoms with Crippen molar-refractivity contribution in [1.82, 2.24) is 30.2 Å². The van der Waals surface area contributed by atoms with Gasteiger partial charge in [-0.25, -0.2) is 4.39 Å². The number of benzene rings is 1. The topological polar surface area (TPSA) is 129 Å². The number of amides is 4. The Morgan fingerprint density at radius 3 is 2.48 bits per heavy atom. The van der Waals surface area contributed by atoms with Gasteiger partial charge in [0.2, 0.25) is 17.7 Å². The molecule has 0 radical (unpaired) electrons. The van der Waals surface area contributed by atoms with Gasteiger partial charge in [0.15, 0.2) is 0 Å². The van der Waals surface area contributed by atoms with Crippen molar-refractivity contribution in [2.24, 2.45) is 5.92 Å². The highest BCUT2D eigenvalue weighted by molar-refractivity contribution is 6.00. The van der Waals surface area contributed by atoms with E-state index in [0.29, 0.717) is 44.6 Å². The third kappa shape index (κ3) is 8.63. The molecule has 48 heavy (non-hydrogen) atoms. The molecule has 4 amide bonds. The second kappa shape index (κ2) is 16.3. The Kier molecular flexibility index (Phi) is 12.4. The molecule has 4 rings (SSSR count). The van der Waals surface area contributed by atoms with Crippen LogP contribution in [0.2, 0.25) is 0 Å². The van der Waals surface area contributed by atoms with E-state index in [1.165, 1.54) is 29.1 Å². The molecule has 0 bridgehead atoms. The van der Waals surface area contributed by atoms with Crippen molar-refractivity contribution in [2.75, 3.05) is 32.0 Å². The molecule has 2 heterocycles. The number of likely N-dealkylation sites (N-methyl/N-ethyl adjacent to an activating group) is 1. The van der Waals surface area contributed by atoms with Gasteiger partial charge in [0.1, 0.15) is 23.6 Å². The first-order valence-corrected chi connectivity index (χ1v) is 16.6. The summed E-state index contributed by atoms with van der Waals surface area (Å²) in [7, 11) is 1.99. The summed E-state index contributed by atoms with van der Waals surface area (Å²) in [6.07, 6.45) is 0.760. The van der Waals surface area contributed by atoms with Gasteiger partial charge in [0.05, 0.1) is 5.69 Å². The maximum Gasteiger partial charge on any atom is 0.270 e. The molecular formula is C34H46F3N7O4. The van der Waals surface area contributed by atoms with Crippen molar-refractivity contribution in [3.8, 4) is 0 Å². The fourth-order valence-corrected chi connectivity index (χ4v) is 6.38. The zero-order valence-electron chi connectivity index (χ0n) is 28.2. The number of rotatable bonds is 11. The predicted octanol–water partition coefficient (Wildman–Crippen LogP) is 4.28. The number of nitrogens with zero attached hydrogens (tertiary/aromatic N) is 4. The molecule has 1 aliphatic carbocycles. The molecule has 2 aromatic rings. The zero-order valence-corrected chi connectivity index (χ0v) is 28.2. The van der Waals surface area contributed by atoms with E-state index in [0.717, 1.165) is 0 Å². The number of hydrogen-bond donors (Lipinski definition) is 3. The first-order chi connectivity index (χ1) is 22.8. The Hall–Kier alpha value is -4.20. The fourth-order valence-electron chi connectivity index (χ4n) is 6.38. The van der Waals surface area contributed by atoms with Crippen molar-refractivity contribution >= 4 is 29.3 Å². The molecule has 14 heteroatoms. The van der Waals surface area contributed by atoms with Crippen LogP contribution in [0.5, 0.6) is 0 Å². The minimum absolute atomic E-state index is 0.0632. The number of nitrogens with one attached hydrogen (secondary N) is 3. The molecule has 1 saturated heterocycles. The highest BCUT2D eigenvalue weighted by atomic mass is 19.3. The second-order valence-corrected chi connectivity index (χ2v) is 12.7. The van der Waals surface area contributed by atoms with Crippen LogP contribution < -0.4 is 16.0 Å². The van der Waals surface area contributed by atoms with Crippen LogP contribution in [-0.4, -0.2) is 88.0 Å². The van der Waals surface area contributed by atoms with Crippen LogP contribution in [0, 0.1) is 11.7 Å². The van der Waals surface area contributed by atoms with E-state index in [2.05, 4.69) is 25.9 Å². The Bertz CT molecular complexity index is 1530. The van der Waals surface area contributed by atoms with Gasteiger partial charge in [-0.3, -0.25) is 23.9 Å². The van der Waals surface area contributed by atoms with Crippen molar-refractivity contribution in [3.05, 3.63) is 59.2 Å². The molecule has 1 saturated carbocycles. The normalized spacial score (nSPS) is 20.4. The van der Waals surface area contributed by atoms with Crippen molar-refractivity contribution in [1.29, 1.82) is 0 Å². The molecule has 0 spiro atoms. The summed E-state index contributed by atoms with van der Waals surface area (Å²) in [5, 5.41) is 12.1. The zero-order chi connectivity index (χ0) is 35.1. The molecule has 11 nitrogen and oxygen atoms in total. The van der Waals surface area contributed by atoms with Crippen LogP contribution in [0.3, 0.4) is 0 Å². The lowest BCUT2D eigenvalue weighted by atomic mass is 9.81. The van der Waals surface area contributed by atoms with Crippen LogP contribution in [0.25, 0.3) is 0 Å². The summed E-state index contributed by atoms with van der Waals surface area (Å²) in [4.78, 5) is 56.9. The molecule has 5 atom stereocenters. The number of carbonyl (C=O) groups excluding carboxylic acids is 4. The molecule has 262 valence electrons. The molecule has 1 aromatic heterocycles. The summed E-state index contributed by atoms with van der Waals surface area (Å²) >= 11 is 0. The van der Waals surface area contributed by atoms with E-state index >= 15 is 4.39 Å². The standard InChI is InChI=1S/C34H46F3N7O4/c1-6-28(45)40-29(34(48)43-16-15-42(5)20(3)19-43)21(4)22-11-12-26(25(35)18-22)39-33(47)30(23-9-8-10-24(17-23)31(36)37)41-32(46)27-13-14-38-44(27)7-2/h11-14,18,20-21,23,29-30H,6-10,15-17,19H2,1-5H3,(H,39,47)(H,40,45)(H,41,46)/t20-,21+,23?,29-,30?/m1/s1. The van der Waals surface area contributed by atoms with Crippen molar-refractivity contribution < 1.29 is 32.3 Å². The van der Waals surface area contributed by atoms with Crippen LogP contribution in [0.15, 0.2) is 42.1 Å². The third-order valence-electron chi connectivity index (χ3n) is 9.57. The minimum Gasteiger partial charge on any atom is -0.344 e. The molecule has 1 aliphatic heterocycles. The van der Waals surface area contributed by atoms with E-state index in [9.17, 15) is 28.0 Å². The maximum absolute atomic E-state index is 15.7. The van der Waals surface area contributed by atoms with Gasteiger partial charge >= 0.3 is 0 Å². The largest absolute Gasteiger partial charge is 0.344 e. The Balaban J connectivity index is 1.56. The van der Waals surface area contributed by atoms with Crippen LogP contribution in [0.4, 0.5) is 18.9 Å². The smallest absolute Gasteiger partial charge is 0.270 e. The number of piperazine rings is 1. The van der Waals surface area contributed by atoms with Gasteiger partial charge in [-0.2, -0.15) is 13.9 Å². The first kappa shape index (κ1) is 36.6. The number of hydrogen-bond acceptors (Lipinski definition) is 6. The number of halogens is 3. The van der Waals surface area contributed by atoms with Gasteiger partial charge in [-0.15, -0.1) is 0 Å². The average molecular weight is 674 g/mol. The molecule has 2 aliphatic rings. The van der Waals surface area contributed by atoms with E-state index in [-0.39, 0.29) is 54.1 Å². The van der Waals surface area contributed by atoms with Crippen LogP contribution >= 0.6 is 0 Å². The van der Waals surface area contributed by atoms with Gasteiger partial charge in [0, 0.05) is 50.8 Å². The number of aryl methyl sites for hydroxylation is 1. The Morgan fingerprint density at radius 1 is 1.08 bits per heavy atom. The number of allylic oxidation sites excluding steroid dienone is 1. The van der Waals surface area contributed by atoms with Gasteiger partial charge in [-0.1, -0.05) is 19.9 Å². The molecule has 1 aromatic carbocycles. The van der Waals surface area contributed by atoms with E-state index in [1.807, 2.05) is 14.0 Å². The number of aromatic nitrogens is 2. The molecule has 2 fully saturated rings. The minimum atomic E-state index is -1.79. The van der Waals surface area contributed by atoms with E-state index < -0.39 is 47.6 Å². The van der Waals surface area contributed by atoms with Crippen molar-refractivity contribution in [2.45, 2.75) is 90.4 Å². The van der Waals surface area contributed by atoms with Gasteiger partial charge in [0.25, 0.3) is 12.0 Å². The quantitative estimate of drug-likeness (QED) is 0.327. The average Bonchev–Trinajstić information content (AvgIpc) is 3.56. The first-order valence-electron chi connectivity index (χ1n) is 16.6. The lowest BCUT2D eigenvalue weighted by Gasteiger charge is -2.40. The van der Waals surface area contributed by atoms with Crippen LogP contribution in [0.1, 0.15) is 81.8 Å². The van der Waals surface area contributed by atoms with Crippen LogP contribution in [-0.2, 0) is 20.9 Å². The predicted molar refractivity (Wildman–Crippen MR) is 175 cm³/mol. The summed E-state index contributed by atoms with van der Waals surface area (Å²) < 4.78 is 44.2. The summed E-state index contributed by atoms with van der Waals surface area (Å²) in [6, 6.07) is 3.59. The van der Waals surface area contributed by atoms with Gasteiger partial charge in [-0.05, 0) is 81.8 Å². The Labute approximate surface area is 279 Å². The number of carbonyl (C=O) groups is 4. The SMILES string of the molecule is CCC(=O)N[C@@H](C(=O)N1CCN(C)[C@H](C)C1)[C@@H](C)c1ccc(NC(=O)C(NC(=O)c2ccnn2CC)C2CCCC(=C(F)F)C2)c(F)c1. The molecule has 2 unspecified atom stereocenters. The molecule has 3 N–H and O–H groups in total. The second-order valence-electron chi connectivity index (χ2n) is 12.7. The summed E-state index contributed by atoms with van der Waals surface area (Å²) in [5.74, 6) is -3.96. The highest BCUT2D eigenvalue weighted by Gasteiger charge is 2.36. The third-order valence-corrected chi connectivity index (χ3v) is 9.57. The summed E-state index contributed by atoms with van der Waals surface area (Å²) in [6.45, 7) is 9.31. The fraction of sp³-hybridized carbons (Fsp3) is 0.559. The van der Waals surface area contributed by atoms with E-state index in [1.54, 1.807) is 31.7 Å². The maximum atomic E-state index is 15.7. The monoisotopic (exact) mass is 673 g/mol. The van der Waals surface area contributed by atoms with Gasteiger partial charge < -0.3 is 25.8 Å². The number of anilines is 1. The van der Waals surface area contributed by atoms with Crippen molar-refractivity contribution in [3.63, 3.8) is 0 Å². The Morgan fingerprint density at radius 2 is 1.83 bits per heavy atom. The van der Waals surface area contributed by atoms with E-state index in [4.69, 9.17) is 0 Å².